The number of carbonyl (C=O) groups excluding carboxylic acids is 1. The maximum absolute atomic E-state index is 11.7. The average molecular weight is 257 g/mol. The van der Waals surface area contributed by atoms with Gasteiger partial charge in [-0.05, 0) is 18.6 Å². The van der Waals surface area contributed by atoms with Crippen molar-refractivity contribution < 1.29 is 17.8 Å². The molecule has 1 aromatic carbocycles. The Hall–Kier alpha value is -1.40. The van der Waals surface area contributed by atoms with Gasteiger partial charge in [-0.2, -0.15) is 8.42 Å². The van der Waals surface area contributed by atoms with Gasteiger partial charge < -0.3 is 5.32 Å². The van der Waals surface area contributed by atoms with Crippen LogP contribution in [0, 0.1) is 0 Å². The first-order valence-electron chi connectivity index (χ1n) is 5.27. The summed E-state index contributed by atoms with van der Waals surface area (Å²) in [6.07, 6.45) is 0.587. The van der Waals surface area contributed by atoms with Crippen molar-refractivity contribution in [2.24, 2.45) is 0 Å². The molecule has 94 valence electrons. The van der Waals surface area contributed by atoms with Crippen molar-refractivity contribution in [2.45, 2.75) is 25.0 Å². The number of carbonyl (C=O) groups is 1. The summed E-state index contributed by atoms with van der Waals surface area (Å²) in [7, 11) is -4.36. The van der Waals surface area contributed by atoms with Gasteiger partial charge in [0, 0.05) is 5.69 Å². The third-order valence-corrected chi connectivity index (χ3v) is 3.41. The minimum Gasteiger partial charge on any atom is -0.325 e. The fraction of sp³-hybridized carbons (Fsp3) is 0.364. The van der Waals surface area contributed by atoms with E-state index in [2.05, 4.69) is 5.32 Å². The van der Waals surface area contributed by atoms with Crippen LogP contribution < -0.4 is 5.32 Å². The molecule has 0 spiro atoms. The molecule has 0 aromatic heterocycles. The summed E-state index contributed by atoms with van der Waals surface area (Å²) in [6.45, 7) is 1.74. The van der Waals surface area contributed by atoms with Crippen molar-refractivity contribution in [3.8, 4) is 0 Å². The lowest BCUT2D eigenvalue weighted by atomic mass is 10.2. The number of nitrogens with one attached hydrogen (secondary N) is 1. The van der Waals surface area contributed by atoms with Gasteiger partial charge >= 0.3 is 0 Å². The molecule has 1 amide bonds. The SMILES string of the molecule is CCC[C@H](C(=O)Nc1ccccc1)S(=O)(=O)O. The summed E-state index contributed by atoms with van der Waals surface area (Å²) in [5, 5.41) is 1.05. The molecule has 0 unspecified atom stereocenters. The fourth-order valence-electron chi connectivity index (χ4n) is 1.42. The Morgan fingerprint density at radius 2 is 1.94 bits per heavy atom. The van der Waals surface area contributed by atoms with Crippen LogP contribution in [-0.2, 0) is 14.9 Å². The van der Waals surface area contributed by atoms with E-state index in [0.717, 1.165) is 0 Å². The van der Waals surface area contributed by atoms with Gasteiger partial charge in [-0.1, -0.05) is 31.5 Å². The minimum atomic E-state index is -4.36. The molecular formula is C11H15NO4S. The second kappa shape index (κ2) is 5.79. The number of anilines is 1. The van der Waals surface area contributed by atoms with E-state index in [-0.39, 0.29) is 6.42 Å². The van der Waals surface area contributed by atoms with Crippen LogP contribution in [0.15, 0.2) is 30.3 Å². The molecule has 1 aromatic rings. The Morgan fingerprint density at radius 1 is 1.35 bits per heavy atom. The molecule has 6 heteroatoms. The highest BCUT2D eigenvalue weighted by atomic mass is 32.2. The molecule has 5 nitrogen and oxygen atoms in total. The second-order valence-electron chi connectivity index (χ2n) is 3.65. The summed E-state index contributed by atoms with van der Waals surface area (Å²) >= 11 is 0. The molecule has 0 aliphatic rings. The molecule has 0 radical (unpaired) electrons. The predicted octanol–water partition coefficient (Wildman–Crippen LogP) is 1.68. The lowest BCUT2D eigenvalue weighted by molar-refractivity contribution is -0.116. The highest BCUT2D eigenvalue weighted by Crippen LogP contribution is 2.12. The van der Waals surface area contributed by atoms with Gasteiger partial charge in [-0.15, -0.1) is 0 Å². The Labute approximate surface area is 101 Å². The van der Waals surface area contributed by atoms with Crippen LogP contribution >= 0.6 is 0 Å². The molecule has 0 fully saturated rings. The molecule has 1 atom stereocenters. The molecule has 0 aliphatic carbocycles. The summed E-state index contributed by atoms with van der Waals surface area (Å²) < 4.78 is 31.1. The largest absolute Gasteiger partial charge is 0.325 e. The maximum Gasteiger partial charge on any atom is 0.276 e. The fourth-order valence-corrected chi connectivity index (χ4v) is 2.28. The van der Waals surface area contributed by atoms with Crippen LogP contribution in [0.4, 0.5) is 5.69 Å². The highest BCUT2D eigenvalue weighted by molar-refractivity contribution is 7.87. The van der Waals surface area contributed by atoms with Crippen LogP contribution in [0.2, 0.25) is 0 Å². The Bertz CT molecular complexity index is 470. The minimum absolute atomic E-state index is 0.0947. The topological polar surface area (TPSA) is 83.5 Å². The zero-order valence-corrected chi connectivity index (χ0v) is 10.3. The first-order valence-corrected chi connectivity index (χ1v) is 6.77. The monoisotopic (exact) mass is 257 g/mol. The third kappa shape index (κ3) is 4.16. The van der Waals surface area contributed by atoms with E-state index in [1.807, 2.05) is 0 Å². The van der Waals surface area contributed by atoms with Crippen molar-refractivity contribution in [3.05, 3.63) is 30.3 Å². The summed E-state index contributed by atoms with van der Waals surface area (Å²) in [4.78, 5) is 11.7. The lowest BCUT2D eigenvalue weighted by Crippen LogP contribution is -2.34. The van der Waals surface area contributed by atoms with E-state index >= 15 is 0 Å². The number of para-hydroxylation sites is 1. The third-order valence-electron chi connectivity index (χ3n) is 2.24. The van der Waals surface area contributed by atoms with Crippen molar-refractivity contribution in [1.82, 2.24) is 0 Å². The van der Waals surface area contributed by atoms with E-state index in [9.17, 15) is 13.2 Å². The van der Waals surface area contributed by atoms with Crippen molar-refractivity contribution in [1.29, 1.82) is 0 Å². The van der Waals surface area contributed by atoms with E-state index in [0.29, 0.717) is 12.1 Å². The van der Waals surface area contributed by atoms with Crippen LogP contribution in [-0.4, -0.2) is 24.1 Å². The zero-order chi connectivity index (χ0) is 12.9. The molecule has 0 bridgehead atoms. The van der Waals surface area contributed by atoms with Gasteiger partial charge in [-0.25, -0.2) is 0 Å². The van der Waals surface area contributed by atoms with Crippen molar-refractivity contribution in [3.63, 3.8) is 0 Å². The molecule has 1 rings (SSSR count). The average Bonchev–Trinajstić information content (AvgIpc) is 2.25. The summed E-state index contributed by atoms with van der Waals surface area (Å²) in [5.74, 6) is -0.708. The van der Waals surface area contributed by atoms with Crippen LogP contribution in [0.1, 0.15) is 19.8 Å². The molecule has 0 saturated carbocycles. The predicted molar refractivity (Wildman–Crippen MR) is 65.3 cm³/mol. The molecular weight excluding hydrogens is 242 g/mol. The Balaban J connectivity index is 2.80. The Morgan fingerprint density at radius 3 is 2.41 bits per heavy atom. The number of hydrogen-bond donors (Lipinski definition) is 2. The van der Waals surface area contributed by atoms with Gasteiger partial charge in [0.1, 0.15) is 0 Å². The Kier molecular flexibility index (Phi) is 4.65. The van der Waals surface area contributed by atoms with E-state index in [4.69, 9.17) is 4.55 Å². The molecule has 0 heterocycles. The second-order valence-corrected chi connectivity index (χ2v) is 5.25. The number of hydrogen-bond acceptors (Lipinski definition) is 3. The molecule has 0 saturated heterocycles. The number of benzene rings is 1. The number of amides is 1. The van der Waals surface area contributed by atoms with Gasteiger partial charge in [0.15, 0.2) is 5.25 Å². The van der Waals surface area contributed by atoms with Crippen molar-refractivity contribution >= 4 is 21.7 Å². The molecule has 17 heavy (non-hydrogen) atoms. The molecule has 0 aliphatic heterocycles. The lowest BCUT2D eigenvalue weighted by Gasteiger charge is -2.12. The summed E-state index contributed by atoms with van der Waals surface area (Å²) in [5.41, 5.74) is 0.502. The standard InChI is InChI=1S/C11H15NO4S/c1-2-6-10(17(14,15)16)11(13)12-9-7-4-3-5-8-9/h3-5,7-8,10H,2,6H2,1H3,(H,12,13)(H,14,15,16)/t10-/m1/s1. The highest BCUT2D eigenvalue weighted by Gasteiger charge is 2.29. The zero-order valence-electron chi connectivity index (χ0n) is 9.46. The summed E-state index contributed by atoms with van der Waals surface area (Å²) in [6, 6.07) is 8.51. The van der Waals surface area contributed by atoms with Gasteiger partial charge in [-0.3, -0.25) is 9.35 Å². The van der Waals surface area contributed by atoms with E-state index in [1.165, 1.54) is 0 Å². The first-order chi connectivity index (χ1) is 7.95. The van der Waals surface area contributed by atoms with Crippen LogP contribution in [0.25, 0.3) is 0 Å². The van der Waals surface area contributed by atoms with Gasteiger partial charge in [0.2, 0.25) is 5.91 Å². The van der Waals surface area contributed by atoms with Crippen LogP contribution in [0.3, 0.4) is 0 Å². The smallest absolute Gasteiger partial charge is 0.276 e. The van der Waals surface area contributed by atoms with Crippen LogP contribution in [0.5, 0.6) is 0 Å². The van der Waals surface area contributed by atoms with E-state index < -0.39 is 21.3 Å². The van der Waals surface area contributed by atoms with Gasteiger partial charge in [0.25, 0.3) is 10.1 Å². The first kappa shape index (κ1) is 13.7. The maximum atomic E-state index is 11.7. The quantitative estimate of drug-likeness (QED) is 0.786. The van der Waals surface area contributed by atoms with E-state index in [1.54, 1.807) is 37.3 Å². The number of rotatable bonds is 5. The van der Waals surface area contributed by atoms with Crippen molar-refractivity contribution in [2.75, 3.05) is 5.32 Å². The normalized spacial score (nSPS) is 13.1. The molecule has 2 N–H and O–H groups in total. The van der Waals surface area contributed by atoms with Gasteiger partial charge in [0.05, 0.1) is 0 Å².